The number of rotatable bonds is 8. The zero-order chi connectivity index (χ0) is 31.0. The molecule has 1 spiro atoms. The molecule has 1 saturated carbocycles. The van der Waals surface area contributed by atoms with E-state index in [1.54, 1.807) is 0 Å². The lowest BCUT2D eigenvalue weighted by Gasteiger charge is -2.49. The minimum absolute atomic E-state index is 0.0446. The fourth-order valence-corrected chi connectivity index (χ4v) is 8.07. The predicted octanol–water partition coefficient (Wildman–Crippen LogP) is 9.01. The van der Waals surface area contributed by atoms with Crippen molar-refractivity contribution >= 4 is 28.8 Å². The summed E-state index contributed by atoms with van der Waals surface area (Å²) in [4.78, 5) is 36.5. The summed E-state index contributed by atoms with van der Waals surface area (Å²) in [6, 6.07) is 15.8. The van der Waals surface area contributed by atoms with E-state index in [1.165, 1.54) is 37.0 Å². The molecule has 2 aliphatic rings. The Bertz CT molecular complexity index is 1710. The van der Waals surface area contributed by atoms with Crippen molar-refractivity contribution in [2.45, 2.75) is 79.1 Å². The van der Waals surface area contributed by atoms with Crippen LogP contribution in [0.2, 0.25) is 5.02 Å². The molecule has 6 rings (SSSR count). The Morgan fingerprint density at radius 3 is 2.32 bits per heavy atom. The average molecular weight is 628 g/mol. The number of thiazole rings is 1. The molecule has 1 aliphatic heterocycles. The number of hydrogen-bond acceptors (Lipinski definition) is 4. The largest absolute Gasteiger partial charge is 0.338 e. The predicted molar refractivity (Wildman–Crippen MR) is 182 cm³/mol. The van der Waals surface area contributed by atoms with Crippen molar-refractivity contribution < 1.29 is 4.79 Å². The van der Waals surface area contributed by atoms with Crippen molar-refractivity contribution in [2.75, 3.05) is 13.1 Å². The van der Waals surface area contributed by atoms with Gasteiger partial charge in [0.15, 0.2) is 0 Å². The van der Waals surface area contributed by atoms with Gasteiger partial charge >= 0.3 is 0 Å². The van der Waals surface area contributed by atoms with Gasteiger partial charge in [-0.3, -0.25) is 14.2 Å². The number of carbonyl (C=O) groups is 1. The molecule has 0 radical (unpaired) electrons. The van der Waals surface area contributed by atoms with E-state index in [4.69, 9.17) is 16.6 Å². The molecule has 1 saturated heterocycles. The van der Waals surface area contributed by atoms with Crippen molar-refractivity contribution in [3.8, 4) is 27.5 Å². The van der Waals surface area contributed by atoms with E-state index in [0.717, 1.165) is 66.1 Å². The Labute approximate surface area is 269 Å². The SMILES string of the molecule is CCc1cccc(CC)c1-n1c(CC(C)C)c(C(=O)N2CCCC3(CCC3)C2)cc(-c2nc(-c3ccc(Cl)cc3)cs2)c1=O. The van der Waals surface area contributed by atoms with Gasteiger partial charge in [0.05, 0.1) is 22.5 Å². The molecule has 0 atom stereocenters. The molecule has 0 N–H and O–H groups in total. The highest BCUT2D eigenvalue weighted by molar-refractivity contribution is 7.13. The van der Waals surface area contributed by atoms with Gasteiger partial charge in [-0.25, -0.2) is 4.98 Å². The number of nitrogens with zero attached hydrogens (tertiary/aromatic N) is 3. The van der Waals surface area contributed by atoms with Crippen LogP contribution in [0, 0.1) is 11.3 Å². The first kappa shape index (κ1) is 30.8. The fraction of sp³-hybridized carbons (Fsp3) is 0.432. The number of aromatic nitrogens is 2. The summed E-state index contributed by atoms with van der Waals surface area (Å²) < 4.78 is 1.90. The highest BCUT2D eigenvalue weighted by atomic mass is 35.5. The second-order valence-corrected chi connectivity index (χ2v) is 14.3. The number of piperidine rings is 1. The molecule has 0 bridgehead atoms. The number of carbonyl (C=O) groups excluding carboxylic acids is 1. The third-order valence-corrected chi connectivity index (χ3v) is 10.7. The first-order valence-corrected chi connectivity index (χ1v) is 17.4. The highest BCUT2D eigenvalue weighted by Gasteiger charge is 2.42. The fourth-order valence-electron chi connectivity index (χ4n) is 7.11. The summed E-state index contributed by atoms with van der Waals surface area (Å²) in [5.74, 6) is 0.302. The molecule has 2 aromatic heterocycles. The Balaban J connectivity index is 1.59. The minimum atomic E-state index is -0.112. The molecule has 2 fully saturated rings. The number of para-hydroxylation sites is 1. The van der Waals surface area contributed by atoms with Gasteiger partial charge < -0.3 is 4.90 Å². The first-order valence-electron chi connectivity index (χ1n) is 16.1. The summed E-state index contributed by atoms with van der Waals surface area (Å²) >= 11 is 7.59. The Morgan fingerprint density at radius 1 is 1.02 bits per heavy atom. The van der Waals surface area contributed by atoms with E-state index in [2.05, 4.69) is 50.8 Å². The van der Waals surface area contributed by atoms with Gasteiger partial charge in [0.25, 0.3) is 11.5 Å². The molecule has 0 unspecified atom stereocenters. The Morgan fingerprint density at radius 2 is 1.70 bits per heavy atom. The molecule has 7 heteroatoms. The number of benzene rings is 2. The van der Waals surface area contributed by atoms with Crippen LogP contribution in [-0.4, -0.2) is 33.4 Å². The number of aryl methyl sites for hydroxylation is 2. The highest BCUT2D eigenvalue weighted by Crippen LogP contribution is 2.47. The Hall–Kier alpha value is -3.22. The minimum Gasteiger partial charge on any atom is -0.338 e. The number of likely N-dealkylation sites (tertiary alicyclic amines) is 1. The smallest absolute Gasteiger partial charge is 0.265 e. The van der Waals surface area contributed by atoms with Crippen LogP contribution < -0.4 is 5.56 Å². The van der Waals surface area contributed by atoms with Crippen molar-refractivity contribution in [3.63, 3.8) is 0 Å². The summed E-state index contributed by atoms with van der Waals surface area (Å²) in [5.41, 5.74) is 6.98. The number of pyridine rings is 1. The molecule has 44 heavy (non-hydrogen) atoms. The standard InChI is InChI=1S/C37H42ClN3O2S/c1-5-25-10-7-11-26(6-2)33(25)41-32(20-24(3)4)29(35(42)40-19-9-18-37(23-40)16-8-17-37)21-30(36(41)43)34-39-31(22-44-34)27-12-14-28(38)15-13-27/h7,10-15,21-22,24H,5-6,8-9,16-20,23H2,1-4H3. The number of halogens is 1. The summed E-state index contributed by atoms with van der Waals surface area (Å²) in [6.45, 7) is 10.2. The zero-order valence-electron chi connectivity index (χ0n) is 26.3. The van der Waals surface area contributed by atoms with Gasteiger partial charge in [0, 0.05) is 34.7 Å². The van der Waals surface area contributed by atoms with Crippen LogP contribution in [0.25, 0.3) is 27.5 Å². The number of hydrogen-bond donors (Lipinski definition) is 0. The van der Waals surface area contributed by atoms with Crippen LogP contribution >= 0.6 is 22.9 Å². The molecule has 5 nitrogen and oxygen atoms in total. The van der Waals surface area contributed by atoms with Crippen molar-refractivity contribution in [3.05, 3.63) is 91.7 Å². The van der Waals surface area contributed by atoms with Gasteiger partial charge in [0.2, 0.25) is 0 Å². The van der Waals surface area contributed by atoms with Crippen LogP contribution in [0.1, 0.15) is 87.0 Å². The monoisotopic (exact) mass is 627 g/mol. The van der Waals surface area contributed by atoms with Gasteiger partial charge in [-0.05, 0) is 85.6 Å². The van der Waals surface area contributed by atoms with Crippen LogP contribution in [0.3, 0.4) is 0 Å². The van der Waals surface area contributed by atoms with E-state index in [0.29, 0.717) is 27.6 Å². The van der Waals surface area contributed by atoms with Gasteiger partial charge in [-0.1, -0.05) is 76.0 Å². The maximum absolute atomic E-state index is 14.8. The van der Waals surface area contributed by atoms with Gasteiger partial charge in [-0.15, -0.1) is 11.3 Å². The molecule has 1 aliphatic carbocycles. The average Bonchev–Trinajstić information content (AvgIpc) is 3.50. The molecular weight excluding hydrogens is 586 g/mol. The molecule has 4 aromatic rings. The van der Waals surface area contributed by atoms with E-state index in [9.17, 15) is 9.59 Å². The van der Waals surface area contributed by atoms with Crippen LogP contribution in [0.15, 0.2) is 58.7 Å². The normalized spacial score (nSPS) is 16.0. The van der Waals surface area contributed by atoms with Gasteiger partial charge in [-0.2, -0.15) is 0 Å². The summed E-state index contributed by atoms with van der Waals surface area (Å²) in [5, 5.41) is 3.27. The maximum Gasteiger partial charge on any atom is 0.265 e. The van der Waals surface area contributed by atoms with Crippen LogP contribution in [0.4, 0.5) is 0 Å². The Kier molecular flexibility index (Phi) is 8.85. The maximum atomic E-state index is 14.8. The molecule has 3 heterocycles. The first-order chi connectivity index (χ1) is 21.2. The van der Waals surface area contributed by atoms with Crippen molar-refractivity contribution in [1.82, 2.24) is 14.5 Å². The quantitative estimate of drug-likeness (QED) is 0.196. The lowest BCUT2D eigenvalue weighted by Crippen LogP contribution is -2.49. The molecule has 1 amide bonds. The van der Waals surface area contributed by atoms with Crippen molar-refractivity contribution in [1.29, 1.82) is 0 Å². The summed E-state index contributed by atoms with van der Waals surface area (Å²) in [7, 11) is 0. The molecule has 230 valence electrons. The van der Waals surface area contributed by atoms with E-state index >= 15 is 0 Å². The molecular formula is C37H42ClN3O2S. The van der Waals surface area contributed by atoms with Crippen LogP contribution in [0.5, 0.6) is 0 Å². The third kappa shape index (κ3) is 5.79. The zero-order valence-corrected chi connectivity index (χ0v) is 27.9. The second kappa shape index (κ2) is 12.6. The van der Waals surface area contributed by atoms with Crippen molar-refractivity contribution in [2.24, 2.45) is 11.3 Å². The molecule has 2 aromatic carbocycles. The number of amides is 1. The van der Waals surface area contributed by atoms with Gasteiger partial charge in [0.1, 0.15) is 5.01 Å². The van der Waals surface area contributed by atoms with E-state index < -0.39 is 0 Å². The lowest BCUT2D eigenvalue weighted by atomic mass is 9.64. The third-order valence-electron chi connectivity index (χ3n) is 9.56. The topological polar surface area (TPSA) is 55.2 Å². The summed E-state index contributed by atoms with van der Waals surface area (Å²) in [6.07, 6.45) is 8.11. The second-order valence-electron chi connectivity index (χ2n) is 13.0. The van der Waals surface area contributed by atoms with E-state index in [-0.39, 0.29) is 22.8 Å². The van der Waals surface area contributed by atoms with Crippen LogP contribution in [-0.2, 0) is 19.3 Å². The lowest BCUT2D eigenvalue weighted by molar-refractivity contribution is 0.0184. The van der Waals surface area contributed by atoms with E-state index in [1.807, 2.05) is 40.3 Å².